The Balaban J connectivity index is 1.68. The van der Waals surface area contributed by atoms with Gasteiger partial charge in [0, 0.05) is 10.6 Å². The first-order valence-corrected chi connectivity index (χ1v) is 9.04. The van der Waals surface area contributed by atoms with Gasteiger partial charge in [0.15, 0.2) is 5.11 Å². The summed E-state index contributed by atoms with van der Waals surface area (Å²) < 4.78 is 34.2. The third kappa shape index (κ3) is 5.27. The van der Waals surface area contributed by atoms with Gasteiger partial charge in [-0.05, 0) is 60.1 Å². The largest absolute Gasteiger partial charge is 0.467 e. The minimum Gasteiger partial charge on any atom is -0.467 e. The molecule has 2 aromatic heterocycles. The van der Waals surface area contributed by atoms with E-state index in [9.17, 15) is 8.78 Å². The van der Waals surface area contributed by atoms with E-state index in [1.165, 1.54) is 17.0 Å². The molecule has 0 unspecified atom stereocenters. The van der Waals surface area contributed by atoms with Crippen LogP contribution in [-0.4, -0.2) is 16.6 Å². The number of thiophene rings is 1. The fraction of sp³-hybridized carbons (Fsp3) is 0.167. The van der Waals surface area contributed by atoms with Gasteiger partial charge in [-0.15, -0.1) is 11.3 Å². The first kappa shape index (κ1) is 18.3. The fourth-order valence-electron chi connectivity index (χ4n) is 2.30. The Hall–Kier alpha value is -2.45. The van der Waals surface area contributed by atoms with Crippen molar-refractivity contribution < 1.29 is 17.9 Å². The van der Waals surface area contributed by atoms with Gasteiger partial charge in [0.1, 0.15) is 11.5 Å². The van der Waals surface area contributed by atoms with E-state index < -0.39 is 6.61 Å². The van der Waals surface area contributed by atoms with E-state index in [0.717, 1.165) is 5.76 Å². The minimum absolute atomic E-state index is 0.0995. The van der Waals surface area contributed by atoms with Crippen LogP contribution in [0.1, 0.15) is 10.6 Å². The molecule has 0 atom stereocenters. The highest BCUT2D eigenvalue weighted by Gasteiger charge is 2.14. The Labute approximate surface area is 159 Å². The third-order valence-electron chi connectivity index (χ3n) is 3.47. The van der Waals surface area contributed by atoms with Crippen molar-refractivity contribution in [2.24, 2.45) is 0 Å². The van der Waals surface area contributed by atoms with Crippen LogP contribution in [0.25, 0.3) is 0 Å². The topological polar surface area (TPSA) is 37.6 Å². The average Bonchev–Trinajstić information content (AvgIpc) is 3.29. The second-order valence-corrected chi connectivity index (χ2v) is 6.77. The lowest BCUT2D eigenvalue weighted by Gasteiger charge is -2.24. The summed E-state index contributed by atoms with van der Waals surface area (Å²) in [6, 6.07) is 14.0. The molecule has 26 heavy (non-hydrogen) atoms. The highest BCUT2D eigenvalue weighted by molar-refractivity contribution is 7.80. The molecular weight excluding hydrogens is 378 g/mol. The van der Waals surface area contributed by atoms with Gasteiger partial charge in [0.2, 0.25) is 0 Å². The number of hydrogen-bond acceptors (Lipinski definition) is 4. The minimum atomic E-state index is -2.84. The van der Waals surface area contributed by atoms with Crippen LogP contribution in [-0.2, 0) is 13.1 Å². The molecule has 8 heteroatoms. The van der Waals surface area contributed by atoms with Crippen molar-refractivity contribution in [2.75, 3.05) is 5.32 Å². The Bertz CT molecular complexity index is 770. The van der Waals surface area contributed by atoms with Crippen LogP contribution in [0, 0.1) is 0 Å². The number of rotatable bonds is 7. The summed E-state index contributed by atoms with van der Waals surface area (Å²) >= 11 is 7.18. The second kappa shape index (κ2) is 8.77. The maximum Gasteiger partial charge on any atom is 0.387 e. The van der Waals surface area contributed by atoms with Crippen molar-refractivity contribution in [3.05, 3.63) is 70.8 Å². The van der Waals surface area contributed by atoms with Gasteiger partial charge in [-0.1, -0.05) is 6.07 Å². The number of thiocarbonyl (C=S) groups is 1. The predicted octanol–water partition coefficient (Wildman–Crippen LogP) is 5.34. The Kier molecular flexibility index (Phi) is 6.19. The maximum absolute atomic E-state index is 12.2. The molecule has 2 heterocycles. The van der Waals surface area contributed by atoms with Crippen LogP contribution in [0.3, 0.4) is 0 Å². The van der Waals surface area contributed by atoms with E-state index in [4.69, 9.17) is 16.6 Å². The number of halogens is 2. The second-order valence-electron chi connectivity index (χ2n) is 5.35. The van der Waals surface area contributed by atoms with E-state index >= 15 is 0 Å². The molecule has 1 N–H and O–H groups in total. The summed E-state index contributed by atoms with van der Waals surface area (Å²) in [7, 11) is 0. The summed E-state index contributed by atoms with van der Waals surface area (Å²) in [5.41, 5.74) is 0.687. The molecule has 136 valence electrons. The van der Waals surface area contributed by atoms with Gasteiger partial charge in [-0.2, -0.15) is 8.78 Å². The summed E-state index contributed by atoms with van der Waals surface area (Å²) in [5.74, 6) is 0.897. The van der Waals surface area contributed by atoms with Crippen LogP contribution < -0.4 is 10.1 Å². The molecule has 4 nitrogen and oxygen atoms in total. The molecular formula is C18H16F2N2O2S2. The van der Waals surface area contributed by atoms with Gasteiger partial charge in [0.25, 0.3) is 0 Å². The Morgan fingerprint density at radius 3 is 2.58 bits per heavy atom. The van der Waals surface area contributed by atoms with Crippen LogP contribution in [0.2, 0.25) is 0 Å². The van der Waals surface area contributed by atoms with Crippen LogP contribution in [0.5, 0.6) is 5.75 Å². The zero-order valence-electron chi connectivity index (χ0n) is 13.6. The number of ether oxygens (including phenoxy) is 1. The SMILES string of the molecule is FC(F)Oc1ccc(NC(=S)N(Cc2ccco2)Cc2cccs2)cc1. The molecule has 0 saturated heterocycles. The molecule has 3 rings (SSSR count). The quantitative estimate of drug-likeness (QED) is 0.548. The van der Waals surface area contributed by atoms with Crippen molar-refractivity contribution in [3.63, 3.8) is 0 Å². The molecule has 0 amide bonds. The lowest BCUT2D eigenvalue weighted by Crippen LogP contribution is -2.33. The number of furan rings is 1. The highest BCUT2D eigenvalue weighted by Crippen LogP contribution is 2.20. The molecule has 3 aromatic rings. The number of nitrogens with zero attached hydrogens (tertiary/aromatic N) is 1. The molecule has 0 bridgehead atoms. The van der Waals surface area contributed by atoms with Gasteiger partial charge < -0.3 is 19.4 Å². The molecule has 0 saturated carbocycles. The van der Waals surface area contributed by atoms with Crippen molar-refractivity contribution in [1.29, 1.82) is 0 Å². The first-order valence-electron chi connectivity index (χ1n) is 7.76. The zero-order valence-corrected chi connectivity index (χ0v) is 15.2. The van der Waals surface area contributed by atoms with Crippen LogP contribution in [0.4, 0.5) is 14.5 Å². The highest BCUT2D eigenvalue weighted by atomic mass is 32.1. The number of benzene rings is 1. The number of nitrogens with one attached hydrogen (secondary N) is 1. The molecule has 0 aliphatic rings. The van der Waals surface area contributed by atoms with E-state index in [-0.39, 0.29) is 5.75 Å². The standard InChI is InChI=1S/C18H16F2N2O2S2/c19-17(20)24-14-7-5-13(6-8-14)21-18(25)22(11-15-3-1-9-23-15)12-16-4-2-10-26-16/h1-10,17H,11-12H2,(H,21,25). The van der Waals surface area contributed by atoms with Crippen LogP contribution in [0.15, 0.2) is 64.6 Å². The summed E-state index contributed by atoms with van der Waals surface area (Å²) in [4.78, 5) is 3.14. The smallest absolute Gasteiger partial charge is 0.387 e. The lowest BCUT2D eigenvalue weighted by molar-refractivity contribution is -0.0498. The summed E-state index contributed by atoms with van der Waals surface area (Å²) in [6.45, 7) is -1.69. The maximum atomic E-state index is 12.2. The van der Waals surface area contributed by atoms with Crippen LogP contribution >= 0.6 is 23.6 Å². The van der Waals surface area contributed by atoms with Crippen molar-refractivity contribution >= 4 is 34.4 Å². The molecule has 0 aliphatic heterocycles. The summed E-state index contributed by atoms with van der Waals surface area (Å²) in [5, 5.41) is 5.65. The van der Waals surface area contributed by atoms with Crippen molar-refractivity contribution in [2.45, 2.75) is 19.7 Å². The van der Waals surface area contributed by atoms with Gasteiger partial charge in [-0.3, -0.25) is 0 Å². The number of anilines is 1. The number of alkyl halides is 2. The summed E-state index contributed by atoms with van der Waals surface area (Å²) in [6.07, 6.45) is 1.62. The van der Waals surface area contributed by atoms with Gasteiger partial charge in [0.05, 0.1) is 19.4 Å². The third-order valence-corrected chi connectivity index (χ3v) is 4.69. The Morgan fingerprint density at radius 1 is 1.15 bits per heavy atom. The number of hydrogen-bond donors (Lipinski definition) is 1. The fourth-order valence-corrected chi connectivity index (χ4v) is 3.27. The zero-order chi connectivity index (χ0) is 18.4. The average molecular weight is 394 g/mol. The molecule has 0 radical (unpaired) electrons. The van der Waals surface area contributed by atoms with Gasteiger partial charge in [-0.25, -0.2) is 0 Å². The molecule has 0 spiro atoms. The van der Waals surface area contributed by atoms with Gasteiger partial charge >= 0.3 is 6.61 Å². The predicted molar refractivity (Wildman–Crippen MR) is 102 cm³/mol. The van der Waals surface area contributed by atoms with E-state index in [1.54, 1.807) is 29.7 Å². The van der Waals surface area contributed by atoms with Crippen molar-refractivity contribution in [1.82, 2.24) is 4.90 Å². The monoisotopic (exact) mass is 394 g/mol. The lowest BCUT2D eigenvalue weighted by atomic mass is 10.3. The van der Waals surface area contributed by atoms with E-state index in [0.29, 0.717) is 23.9 Å². The van der Waals surface area contributed by atoms with E-state index in [2.05, 4.69) is 10.1 Å². The van der Waals surface area contributed by atoms with Crippen molar-refractivity contribution in [3.8, 4) is 5.75 Å². The molecule has 1 aromatic carbocycles. The first-order chi connectivity index (χ1) is 12.6. The molecule has 0 fully saturated rings. The Morgan fingerprint density at radius 2 is 1.96 bits per heavy atom. The normalized spacial score (nSPS) is 10.7. The van der Waals surface area contributed by atoms with E-state index in [1.807, 2.05) is 34.5 Å². The molecule has 0 aliphatic carbocycles.